The van der Waals surface area contributed by atoms with E-state index in [1.54, 1.807) is 36.4 Å². The molecule has 1 saturated heterocycles. The Labute approximate surface area is 157 Å². The highest BCUT2D eigenvalue weighted by molar-refractivity contribution is 5.75. The van der Waals surface area contributed by atoms with Crippen molar-refractivity contribution in [3.8, 4) is 5.88 Å². The van der Waals surface area contributed by atoms with Crippen molar-refractivity contribution in [2.75, 3.05) is 38.2 Å². The second-order valence-corrected chi connectivity index (χ2v) is 6.83. The molecule has 1 aromatic carbocycles. The summed E-state index contributed by atoms with van der Waals surface area (Å²) in [5.41, 5.74) is 0.945. The number of amides is 2. The number of aromatic nitrogens is 2. The molecule has 2 atom stereocenters. The van der Waals surface area contributed by atoms with Gasteiger partial charge in [0.2, 0.25) is 11.8 Å². The molecule has 0 bridgehead atoms. The molecule has 1 N–H and O–H groups in total. The lowest BCUT2D eigenvalue weighted by atomic mass is 10.1. The molecule has 2 fully saturated rings. The number of nitrogens with zero attached hydrogens (tertiary/aromatic N) is 4. The summed E-state index contributed by atoms with van der Waals surface area (Å²) >= 11 is 0. The van der Waals surface area contributed by atoms with Crippen LogP contribution in [0.3, 0.4) is 0 Å². The zero-order chi connectivity index (χ0) is 18.8. The van der Waals surface area contributed by atoms with Gasteiger partial charge < -0.3 is 19.9 Å². The third-order valence-corrected chi connectivity index (χ3v) is 5.05. The minimum Gasteiger partial charge on any atom is -0.481 e. The lowest BCUT2D eigenvalue weighted by Gasteiger charge is -2.34. The molecule has 142 valence electrons. The Bertz CT molecular complexity index is 825. The SMILES string of the molecule is COc1ccnc(N2CCN(C(=O)N[C@@H]3C[C@H]3c3cccc(F)c3)CC2)n1. The zero-order valence-electron chi connectivity index (χ0n) is 15.1. The highest BCUT2D eigenvalue weighted by Crippen LogP contribution is 2.41. The smallest absolute Gasteiger partial charge is 0.317 e. The van der Waals surface area contributed by atoms with Crippen LogP contribution in [0.15, 0.2) is 36.5 Å². The van der Waals surface area contributed by atoms with Gasteiger partial charge in [-0.1, -0.05) is 12.1 Å². The molecule has 7 nitrogen and oxygen atoms in total. The number of halogens is 1. The number of urea groups is 1. The first-order valence-corrected chi connectivity index (χ1v) is 9.07. The predicted octanol–water partition coefficient (Wildman–Crippen LogP) is 2.01. The van der Waals surface area contributed by atoms with E-state index in [1.165, 1.54) is 6.07 Å². The first kappa shape index (κ1) is 17.5. The molecule has 2 aliphatic rings. The van der Waals surface area contributed by atoms with Gasteiger partial charge in [-0.15, -0.1) is 0 Å². The van der Waals surface area contributed by atoms with E-state index in [-0.39, 0.29) is 23.8 Å². The van der Waals surface area contributed by atoms with Gasteiger partial charge in [0.15, 0.2) is 0 Å². The number of carbonyl (C=O) groups is 1. The van der Waals surface area contributed by atoms with Gasteiger partial charge in [0.25, 0.3) is 0 Å². The Balaban J connectivity index is 1.28. The Morgan fingerprint density at radius 3 is 2.81 bits per heavy atom. The molecule has 8 heteroatoms. The molecule has 2 heterocycles. The van der Waals surface area contributed by atoms with Crippen LogP contribution in [0.4, 0.5) is 15.1 Å². The Morgan fingerprint density at radius 2 is 2.07 bits per heavy atom. The molecular weight excluding hydrogens is 349 g/mol. The zero-order valence-corrected chi connectivity index (χ0v) is 15.1. The molecule has 2 aromatic rings. The van der Waals surface area contributed by atoms with Crippen molar-refractivity contribution in [1.82, 2.24) is 20.2 Å². The van der Waals surface area contributed by atoms with Crippen LogP contribution in [0.5, 0.6) is 5.88 Å². The van der Waals surface area contributed by atoms with Crippen LogP contribution in [-0.4, -0.2) is 60.2 Å². The fraction of sp³-hybridized carbons (Fsp3) is 0.421. The highest BCUT2D eigenvalue weighted by Gasteiger charge is 2.40. The van der Waals surface area contributed by atoms with Crippen LogP contribution in [-0.2, 0) is 0 Å². The van der Waals surface area contributed by atoms with Gasteiger partial charge in [0.1, 0.15) is 5.82 Å². The van der Waals surface area contributed by atoms with Crippen LogP contribution < -0.4 is 15.0 Å². The molecule has 1 aliphatic carbocycles. The highest BCUT2D eigenvalue weighted by atomic mass is 19.1. The van der Waals surface area contributed by atoms with E-state index in [4.69, 9.17) is 4.74 Å². The fourth-order valence-corrected chi connectivity index (χ4v) is 3.42. The summed E-state index contributed by atoms with van der Waals surface area (Å²) < 4.78 is 18.5. The van der Waals surface area contributed by atoms with Crippen molar-refractivity contribution < 1.29 is 13.9 Å². The van der Waals surface area contributed by atoms with Gasteiger partial charge >= 0.3 is 6.03 Å². The summed E-state index contributed by atoms with van der Waals surface area (Å²) in [6, 6.07) is 8.32. The summed E-state index contributed by atoms with van der Waals surface area (Å²) in [7, 11) is 1.57. The summed E-state index contributed by atoms with van der Waals surface area (Å²) in [6.07, 6.45) is 2.52. The number of anilines is 1. The van der Waals surface area contributed by atoms with Crippen LogP contribution >= 0.6 is 0 Å². The van der Waals surface area contributed by atoms with Gasteiger partial charge in [-0.2, -0.15) is 4.98 Å². The largest absolute Gasteiger partial charge is 0.481 e. The van der Waals surface area contributed by atoms with E-state index in [0.717, 1.165) is 12.0 Å². The number of methoxy groups -OCH3 is 1. The maximum atomic E-state index is 13.3. The van der Waals surface area contributed by atoms with Crippen molar-refractivity contribution in [2.24, 2.45) is 0 Å². The normalized spacial score (nSPS) is 21.7. The minimum absolute atomic E-state index is 0.0647. The molecule has 0 radical (unpaired) electrons. The Morgan fingerprint density at radius 1 is 1.26 bits per heavy atom. The van der Waals surface area contributed by atoms with Gasteiger partial charge in [0.05, 0.1) is 7.11 Å². The topological polar surface area (TPSA) is 70.6 Å². The Hall–Kier alpha value is -2.90. The van der Waals surface area contributed by atoms with E-state index in [9.17, 15) is 9.18 Å². The second-order valence-electron chi connectivity index (χ2n) is 6.83. The first-order valence-electron chi connectivity index (χ1n) is 9.07. The van der Waals surface area contributed by atoms with E-state index in [0.29, 0.717) is 38.0 Å². The third kappa shape index (κ3) is 3.94. The molecule has 4 rings (SSSR count). The number of hydrogen-bond acceptors (Lipinski definition) is 5. The average Bonchev–Trinajstić information content (AvgIpc) is 3.47. The van der Waals surface area contributed by atoms with Crippen LogP contribution in [0.2, 0.25) is 0 Å². The van der Waals surface area contributed by atoms with Crippen molar-refractivity contribution >= 4 is 12.0 Å². The predicted molar refractivity (Wildman–Crippen MR) is 98.4 cm³/mol. The number of rotatable bonds is 4. The number of nitrogens with one attached hydrogen (secondary N) is 1. The van der Waals surface area contributed by atoms with Crippen molar-refractivity contribution in [3.05, 3.63) is 47.9 Å². The molecule has 2 amide bonds. The molecular formula is C19H22FN5O2. The lowest BCUT2D eigenvalue weighted by Crippen LogP contribution is -2.52. The Kier molecular flexibility index (Phi) is 4.79. The second kappa shape index (κ2) is 7.38. The molecule has 1 saturated carbocycles. The van der Waals surface area contributed by atoms with Gasteiger partial charge in [-0.3, -0.25) is 0 Å². The van der Waals surface area contributed by atoms with E-state index in [2.05, 4.69) is 15.3 Å². The summed E-state index contributed by atoms with van der Waals surface area (Å²) in [5, 5.41) is 3.06. The fourth-order valence-electron chi connectivity index (χ4n) is 3.42. The molecule has 1 aliphatic heterocycles. The van der Waals surface area contributed by atoms with Crippen LogP contribution in [0, 0.1) is 5.82 Å². The van der Waals surface area contributed by atoms with Crippen LogP contribution in [0.25, 0.3) is 0 Å². The molecule has 0 unspecified atom stereocenters. The van der Waals surface area contributed by atoms with Crippen LogP contribution in [0.1, 0.15) is 17.9 Å². The number of piperazine rings is 1. The number of carbonyl (C=O) groups excluding carboxylic acids is 1. The molecule has 1 aromatic heterocycles. The maximum absolute atomic E-state index is 13.3. The third-order valence-electron chi connectivity index (χ3n) is 5.05. The number of benzene rings is 1. The van der Waals surface area contributed by atoms with E-state index in [1.807, 2.05) is 11.0 Å². The van der Waals surface area contributed by atoms with E-state index < -0.39 is 0 Å². The maximum Gasteiger partial charge on any atom is 0.317 e. The number of ether oxygens (including phenoxy) is 1. The monoisotopic (exact) mass is 371 g/mol. The first-order chi connectivity index (χ1) is 13.1. The van der Waals surface area contributed by atoms with Crippen molar-refractivity contribution in [2.45, 2.75) is 18.4 Å². The summed E-state index contributed by atoms with van der Waals surface area (Å²) in [5.74, 6) is 1.11. The molecule has 0 spiro atoms. The summed E-state index contributed by atoms with van der Waals surface area (Å²) in [6.45, 7) is 2.53. The van der Waals surface area contributed by atoms with Gasteiger partial charge in [-0.05, 0) is 24.1 Å². The summed E-state index contributed by atoms with van der Waals surface area (Å²) in [4.78, 5) is 25.0. The van der Waals surface area contributed by atoms with Crippen molar-refractivity contribution in [3.63, 3.8) is 0 Å². The number of hydrogen-bond donors (Lipinski definition) is 1. The molecule has 27 heavy (non-hydrogen) atoms. The van der Waals surface area contributed by atoms with Gasteiger partial charge in [0, 0.05) is 50.4 Å². The average molecular weight is 371 g/mol. The van der Waals surface area contributed by atoms with Gasteiger partial charge in [-0.25, -0.2) is 14.2 Å². The van der Waals surface area contributed by atoms with Crippen molar-refractivity contribution in [1.29, 1.82) is 0 Å². The lowest BCUT2D eigenvalue weighted by molar-refractivity contribution is 0.193. The standard InChI is InChI=1S/C19H22FN5O2/c1-27-17-5-6-21-18(23-17)24-7-9-25(10-8-24)19(26)22-16-12-15(16)13-3-2-4-14(20)11-13/h2-6,11,15-16H,7-10,12H2,1H3,(H,22,26)/t15-,16+/m0/s1. The minimum atomic E-state index is -0.236. The quantitative estimate of drug-likeness (QED) is 0.890. The van der Waals surface area contributed by atoms with E-state index >= 15 is 0 Å².